The van der Waals surface area contributed by atoms with Gasteiger partial charge in [-0.05, 0) is 117 Å². The van der Waals surface area contributed by atoms with Crippen molar-refractivity contribution in [2.45, 2.75) is 130 Å². The molecule has 0 unspecified atom stereocenters. The van der Waals surface area contributed by atoms with E-state index in [0.29, 0.717) is 65.3 Å². The van der Waals surface area contributed by atoms with Crippen LogP contribution in [0.3, 0.4) is 0 Å². The zero-order valence-corrected chi connectivity index (χ0v) is 26.6. The highest BCUT2D eigenvalue weighted by Gasteiger charge is 2.61. The molecule has 6 fully saturated rings. The van der Waals surface area contributed by atoms with Gasteiger partial charge in [-0.2, -0.15) is 0 Å². The second-order valence-corrected chi connectivity index (χ2v) is 16.8. The van der Waals surface area contributed by atoms with Gasteiger partial charge in [0.15, 0.2) is 5.78 Å². The third kappa shape index (κ3) is 3.97. The summed E-state index contributed by atoms with van der Waals surface area (Å²) in [7, 11) is 0. The summed E-state index contributed by atoms with van der Waals surface area (Å²) in [6, 6.07) is 0. The first-order valence-corrected chi connectivity index (χ1v) is 17.4. The molecule has 0 aliphatic heterocycles. The largest absolute Gasteiger partial charge is 0.299 e. The predicted octanol–water partition coefficient (Wildman–Crippen LogP) is 8.17. The van der Waals surface area contributed by atoms with Crippen LogP contribution in [0, 0.1) is 57.2 Å². The van der Waals surface area contributed by atoms with E-state index in [-0.39, 0.29) is 27.8 Å². The molecule has 0 spiro atoms. The maximum absolute atomic E-state index is 12.4. The molecule has 6 saturated carbocycles. The lowest BCUT2D eigenvalue weighted by Gasteiger charge is -2.56. The quantitative estimate of drug-likeness (QED) is 0.217. The van der Waals surface area contributed by atoms with E-state index in [1.165, 1.54) is 37.7 Å². The molecule has 4 heteroatoms. The first-order chi connectivity index (χ1) is 19.9. The molecule has 8 aliphatic carbocycles. The summed E-state index contributed by atoms with van der Waals surface area (Å²) >= 11 is 0. The van der Waals surface area contributed by atoms with Crippen molar-refractivity contribution in [2.75, 3.05) is 0 Å². The molecule has 10 atom stereocenters. The van der Waals surface area contributed by atoms with Crippen molar-refractivity contribution >= 4 is 23.1 Å². The van der Waals surface area contributed by atoms with Crippen molar-refractivity contribution in [1.29, 1.82) is 0 Å². The van der Waals surface area contributed by atoms with Gasteiger partial charge in [0.2, 0.25) is 5.78 Å². The number of rotatable bonds is 0. The van der Waals surface area contributed by atoms with Crippen LogP contribution < -0.4 is 0 Å². The van der Waals surface area contributed by atoms with Crippen LogP contribution in [0.4, 0.5) is 0 Å². The SMILES string of the molecule is C[C@]12CCC(=O)CC1=CC[C@@H]1[C@@H]2CC[C@]2(C)C(=O)CC[C@@H]12.C[C@]12CCCCC1=CC[C@@H]1[C@@H]2CC[C@]2(C)C(=O)C(=O)C[C@@H]12. The van der Waals surface area contributed by atoms with Gasteiger partial charge in [0.25, 0.3) is 0 Å². The van der Waals surface area contributed by atoms with Gasteiger partial charge in [0, 0.05) is 36.5 Å². The van der Waals surface area contributed by atoms with Crippen LogP contribution in [-0.2, 0) is 19.2 Å². The van der Waals surface area contributed by atoms with E-state index in [1.54, 1.807) is 5.57 Å². The number of hydrogen-bond acceptors (Lipinski definition) is 4. The number of Topliss-reactive ketones (excluding diaryl/α,β-unsaturated/α-hetero) is 4. The van der Waals surface area contributed by atoms with Crippen LogP contribution in [-0.4, -0.2) is 23.1 Å². The highest BCUT2D eigenvalue weighted by Crippen LogP contribution is 2.65. The molecule has 0 N–H and O–H groups in total. The van der Waals surface area contributed by atoms with E-state index in [2.05, 4.69) is 39.8 Å². The van der Waals surface area contributed by atoms with Crippen molar-refractivity contribution in [3.63, 3.8) is 0 Å². The highest BCUT2D eigenvalue weighted by molar-refractivity contribution is 6.41. The molecule has 0 aromatic rings. The Bertz CT molecular complexity index is 1290. The Balaban J connectivity index is 0.000000137. The molecule has 42 heavy (non-hydrogen) atoms. The fraction of sp³-hybridized carbons (Fsp3) is 0.789. The summed E-state index contributed by atoms with van der Waals surface area (Å²) in [5.74, 6) is 4.34. The van der Waals surface area contributed by atoms with E-state index >= 15 is 0 Å². The summed E-state index contributed by atoms with van der Waals surface area (Å²) in [4.78, 5) is 48.5. The second kappa shape index (κ2) is 9.83. The normalized spacial score (nSPS) is 49.2. The standard InChI is InChI=1S/2C19H26O2/c1-18-9-7-13(20)11-12(18)3-4-14-15-5-6-17(21)19(15,2)10-8-16(14)18;1-18-9-4-3-5-12(18)6-7-13-14(18)8-10-19(2)15(13)11-16(20)17(19)21/h3,14-16H,4-11H2,1-2H3;6,13-15H,3-5,7-11H2,1-2H3/t14-,15-,16-,18-,19-;13-,14+,15+,18+,19+/m01/s1. The lowest BCUT2D eigenvalue weighted by atomic mass is 9.48. The molecule has 0 amide bonds. The van der Waals surface area contributed by atoms with Crippen LogP contribution in [0.15, 0.2) is 23.3 Å². The molecule has 0 heterocycles. The van der Waals surface area contributed by atoms with Gasteiger partial charge < -0.3 is 0 Å². The van der Waals surface area contributed by atoms with Crippen molar-refractivity contribution in [2.24, 2.45) is 57.2 Å². The van der Waals surface area contributed by atoms with Gasteiger partial charge in [0.1, 0.15) is 11.6 Å². The summed E-state index contributed by atoms with van der Waals surface area (Å²) in [5.41, 5.74) is 3.34. The van der Waals surface area contributed by atoms with Gasteiger partial charge >= 0.3 is 0 Å². The number of ketones is 4. The van der Waals surface area contributed by atoms with Gasteiger partial charge in [-0.25, -0.2) is 0 Å². The minimum atomic E-state index is -0.339. The number of carbonyl (C=O) groups excluding carboxylic acids is 4. The summed E-state index contributed by atoms with van der Waals surface area (Å²) < 4.78 is 0. The lowest BCUT2D eigenvalue weighted by molar-refractivity contribution is -0.140. The molecular formula is C38H52O4. The summed E-state index contributed by atoms with van der Waals surface area (Å²) in [5, 5.41) is 0. The fourth-order valence-electron chi connectivity index (χ4n) is 12.5. The Hall–Kier alpha value is -1.84. The number of allylic oxidation sites excluding steroid dienone is 4. The average Bonchev–Trinajstić information content (AvgIpc) is 3.40. The highest BCUT2D eigenvalue weighted by atomic mass is 16.2. The van der Waals surface area contributed by atoms with Crippen molar-refractivity contribution in [1.82, 2.24) is 0 Å². The first-order valence-electron chi connectivity index (χ1n) is 17.4. The fourth-order valence-corrected chi connectivity index (χ4v) is 12.5. The summed E-state index contributed by atoms with van der Waals surface area (Å²) in [6.07, 6.45) is 21.6. The molecule has 4 nitrogen and oxygen atoms in total. The van der Waals surface area contributed by atoms with Crippen molar-refractivity contribution < 1.29 is 19.2 Å². The predicted molar refractivity (Wildman–Crippen MR) is 163 cm³/mol. The van der Waals surface area contributed by atoms with Crippen LogP contribution in [0.2, 0.25) is 0 Å². The molecule has 0 radical (unpaired) electrons. The molecule has 228 valence electrons. The number of hydrogen-bond donors (Lipinski definition) is 0. The molecule has 0 aromatic heterocycles. The molecule has 0 bridgehead atoms. The Morgan fingerprint density at radius 1 is 0.595 bits per heavy atom. The smallest absolute Gasteiger partial charge is 0.204 e. The monoisotopic (exact) mass is 572 g/mol. The van der Waals surface area contributed by atoms with E-state index < -0.39 is 0 Å². The Morgan fingerprint density at radius 2 is 1.21 bits per heavy atom. The van der Waals surface area contributed by atoms with Gasteiger partial charge in [-0.3, -0.25) is 19.2 Å². The van der Waals surface area contributed by atoms with Crippen LogP contribution in [0.25, 0.3) is 0 Å². The third-order valence-corrected chi connectivity index (χ3v) is 15.2. The van der Waals surface area contributed by atoms with Crippen LogP contribution in [0.1, 0.15) is 130 Å². The topological polar surface area (TPSA) is 68.3 Å². The Kier molecular flexibility index (Phi) is 6.77. The minimum absolute atomic E-state index is 0.0344. The zero-order chi connectivity index (χ0) is 29.7. The second-order valence-electron chi connectivity index (χ2n) is 16.8. The molecular weight excluding hydrogens is 520 g/mol. The maximum Gasteiger partial charge on any atom is 0.204 e. The van der Waals surface area contributed by atoms with E-state index in [1.807, 2.05) is 0 Å². The molecule has 8 rings (SSSR count). The molecule has 0 saturated heterocycles. The minimum Gasteiger partial charge on any atom is -0.299 e. The van der Waals surface area contributed by atoms with E-state index in [9.17, 15) is 19.2 Å². The zero-order valence-electron chi connectivity index (χ0n) is 26.6. The van der Waals surface area contributed by atoms with E-state index in [0.717, 1.165) is 57.8 Å². The van der Waals surface area contributed by atoms with Gasteiger partial charge in [0.05, 0.1) is 0 Å². The average molecular weight is 573 g/mol. The van der Waals surface area contributed by atoms with Crippen molar-refractivity contribution in [3.8, 4) is 0 Å². The lowest BCUT2D eigenvalue weighted by Crippen LogP contribution is -2.50. The van der Waals surface area contributed by atoms with Crippen LogP contribution in [0.5, 0.6) is 0 Å². The van der Waals surface area contributed by atoms with Crippen molar-refractivity contribution in [3.05, 3.63) is 23.3 Å². The molecule has 0 aromatic carbocycles. The maximum atomic E-state index is 12.4. The number of carbonyl (C=O) groups is 4. The first kappa shape index (κ1) is 28.9. The van der Waals surface area contributed by atoms with Gasteiger partial charge in [-0.1, -0.05) is 57.4 Å². The van der Waals surface area contributed by atoms with Crippen LogP contribution >= 0.6 is 0 Å². The third-order valence-electron chi connectivity index (χ3n) is 15.2. The molecule has 8 aliphatic rings. The van der Waals surface area contributed by atoms with E-state index in [4.69, 9.17) is 0 Å². The summed E-state index contributed by atoms with van der Waals surface area (Å²) in [6.45, 7) is 9.18. The Morgan fingerprint density at radius 3 is 1.95 bits per heavy atom. The van der Waals surface area contributed by atoms with Gasteiger partial charge in [-0.15, -0.1) is 0 Å². The number of fused-ring (bicyclic) bond motifs is 10. The Labute approximate surface area is 252 Å².